The second-order valence-electron chi connectivity index (χ2n) is 4.63. The summed E-state index contributed by atoms with van der Waals surface area (Å²) in [7, 11) is 1.70. The number of hydrogen-bond acceptors (Lipinski definition) is 2. The number of methoxy groups -OCH3 is 1. The molecule has 2 rings (SSSR count). The second kappa shape index (κ2) is 5.87. The molecule has 92 valence electrons. The van der Waals surface area contributed by atoms with Gasteiger partial charge < -0.3 is 10.1 Å². The summed E-state index contributed by atoms with van der Waals surface area (Å²) >= 11 is 0. The average molecular weight is 231 g/mol. The molecule has 1 N–H and O–H groups in total. The molecular weight excluding hydrogens is 210 g/mol. The first kappa shape index (κ1) is 12.2. The lowest BCUT2D eigenvalue weighted by atomic mass is 10.0. The van der Waals surface area contributed by atoms with Crippen LogP contribution in [-0.2, 0) is 0 Å². The summed E-state index contributed by atoms with van der Waals surface area (Å²) in [6.07, 6.45) is 8.35. The summed E-state index contributed by atoms with van der Waals surface area (Å²) in [5.41, 5.74) is 1.31. The van der Waals surface area contributed by atoms with Crippen LogP contribution in [0.2, 0.25) is 0 Å². The van der Waals surface area contributed by atoms with Gasteiger partial charge in [-0.15, -0.1) is 0 Å². The number of hydrogen-bond donors (Lipinski definition) is 1. The molecule has 0 heterocycles. The molecule has 1 aliphatic carbocycles. The Morgan fingerprint density at radius 3 is 2.65 bits per heavy atom. The summed E-state index contributed by atoms with van der Waals surface area (Å²) in [5.74, 6) is 0.915. The van der Waals surface area contributed by atoms with Gasteiger partial charge in [0, 0.05) is 12.1 Å². The summed E-state index contributed by atoms with van der Waals surface area (Å²) < 4.78 is 5.17. The highest BCUT2D eigenvalue weighted by Gasteiger charge is 2.12. The van der Waals surface area contributed by atoms with Gasteiger partial charge in [-0.25, -0.2) is 0 Å². The second-order valence-corrected chi connectivity index (χ2v) is 4.63. The molecule has 0 saturated carbocycles. The molecule has 0 radical (unpaired) electrons. The number of nitrogens with one attached hydrogen (secondary N) is 1. The Hall–Kier alpha value is -1.28. The highest BCUT2D eigenvalue weighted by atomic mass is 16.5. The lowest BCUT2D eigenvalue weighted by Crippen LogP contribution is -2.30. The summed E-state index contributed by atoms with van der Waals surface area (Å²) in [6, 6.07) is 9.20. The zero-order valence-electron chi connectivity index (χ0n) is 10.6. The van der Waals surface area contributed by atoms with Crippen molar-refractivity contribution in [3.05, 3.63) is 42.0 Å². The molecule has 2 atom stereocenters. The van der Waals surface area contributed by atoms with Gasteiger partial charge in [0.25, 0.3) is 0 Å². The van der Waals surface area contributed by atoms with E-state index in [0.717, 1.165) is 5.75 Å². The van der Waals surface area contributed by atoms with Crippen molar-refractivity contribution in [1.82, 2.24) is 5.32 Å². The number of benzene rings is 1. The summed E-state index contributed by atoms with van der Waals surface area (Å²) in [6.45, 7) is 2.21. The standard InChI is InChI=1S/C15H21NO/c1-12(16-14-6-4-3-5-7-14)13-8-10-15(17-2)11-9-13/h4,6,8-12,14,16H,3,5,7H2,1-2H3/t12-,14?/m1/s1. The smallest absolute Gasteiger partial charge is 0.118 e. The van der Waals surface area contributed by atoms with Crippen molar-refractivity contribution < 1.29 is 4.74 Å². The van der Waals surface area contributed by atoms with Crippen molar-refractivity contribution in [2.45, 2.75) is 38.3 Å². The number of ether oxygens (including phenoxy) is 1. The van der Waals surface area contributed by atoms with E-state index in [1.54, 1.807) is 7.11 Å². The zero-order valence-corrected chi connectivity index (χ0v) is 10.6. The van der Waals surface area contributed by atoms with Crippen LogP contribution in [0, 0.1) is 0 Å². The predicted molar refractivity (Wildman–Crippen MR) is 71.3 cm³/mol. The Morgan fingerprint density at radius 1 is 1.29 bits per heavy atom. The topological polar surface area (TPSA) is 21.3 Å². The molecule has 1 aromatic rings. The van der Waals surface area contributed by atoms with E-state index >= 15 is 0 Å². The number of allylic oxidation sites excluding steroid dienone is 1. The van der Waals surface area contributed by atoms with Crippen LogP contribution in [0.5, 0.6) is 5.75 Å². The Balaban J connectivity index is 1.95. The SMILES string of the molecule is COc1ccc([C@@H](C)NC2C=CCCC2)cc1. The van der Waals surface area contributed by atoms with E-state index in [0.29, 0.717) is 12.1 Å². The fraction of sp³-hybridized carbons (Fsp3) is 0.467. The molecule has 0 bridgehead atoms. The van der Waals surface area contributed by atoms with E-state index in [2.05, 4.69) is 36.5 Å². The predicted octanol–water partition coefficient (Wildman–Crippen LogP) is 3.45. The van der Waals surface area contributed by atoms with Crippen LogP contribution in [0.1, 0.15) is 37.8 Å². The van der Waals surface area contributed by atoms with Gasteiger partial charge in [0.05, 0.1) is 7.11 Å². The van der Waals surface area contributed by atoms with Crippen LogP contribution < -0.4 is 10.1 Å². The maximum Gasteiger partial charge on any atom is 0.118 e. The van der Waals surface area contributed by atoms with Gasteiger partial charge in [0.15, 0.2) is 0 Å². The van der Waals surface area contributed by atoms with Gasteiger partial charge in [0.1, 0.15) is 5.75 Å². The Labute approximate surface area is 104 Å². The molecule has 1 aromatic carbocycles. The third kappa shape index (κ3) is 3.34. The molecule has 0 amide bonds. The van der Waals surface area contributed by atoms with Crippen LogP contribution in [-0.4, -0.2) is 13.2 Å². The minimum absolute atomic E-state index is 0.383. The van der Waals surface area contributed by atoms with Gasteiger partial charge in [-0.1, -0.05) is 24.3 Å². The lowest BCUT2D eigenvalue weighted by Gasteiger charge is -2.23. The van der Waals surface area contributed by atoms with Gasteiger partial charge in [0.2, 0.25) is 0 Å². The van der Waals surface area contributed by atoms with E-state index in [9.17, 15) is 0 Å². The maximum absolute atomic E-state index is 5.17. The van der Waals surface area contributed by atoms with Crippen LogP contribution in [0.25, 0.3) is 0 Å². The van der Waals surface area contributed by atoms with E-state index in [1.165, 1.54) is 24.8 Å². The largest absolute Gasteiger partial charge is 0.497 e. The highest BCUT2D eigenvalue weighted by molar-refractivity contribution is 5.29. The van der Waals surface area contributed by atoms with Gasteiger partial charge in [-0.05, 0) is 43.9 Å². The van der Waals surface area contributed by atoms with E-state index in [1.807, 2.05) is 12.1 Å². The van der Waals surface area contributed by atoms with Crippen molar-refractivity contribution in [3.8, 4) is 5.75 Å². The third-order valence-electron chi connectivity index (χ3n) is 3.33. The summed E-state index contributed by atoms with van der Waals surface area (Å²) in [5, 5.41) is 3.64. The van der Waals surface area contributed by atoms with E-state index in [-0.39, 0.29) is 0 Å². The molecule has 2 nitrogen and oxygen atoms in total. The molecule has 0 saturated heterocycles. The molecule has 0 aliphatic heterocycles. The van der Waals surface area contributed by atoms with Crippen molar-refractivity contribution >= 4 is 0 Å². The first-order chi connectivity index (χ1) is 8.29. The van der Waals surface area contributed by atoms with Crippen LogP contribution in [0.4, 0.5) is 0 Å². The minimum Gasteiger partial charge on any atom is -0.497 e. The molecule has 17 heavy (non-hydrogen) atoms. The first-order valence-corrected chi connectivity index (χ1v) is 6.36. The fourth-order valence-electron chi connectivity index (χ4n) is 2.26. The fourth-order valence-corrected chi connectivity index (χ4v) is 2.26. The Kier molecular flexibility index (Phi) is 4.21. The molecule has 1 aliphatic rings. The van der Waals surface area contributed by atoms with E-state index in [4.69, 9.17) is 4.74 Å². The minimum atomic E-state index is 0.383. The third-order valence-corrected chi connectivity index (χ3v) is 3.33. The Bertz CT molecular complexity index is 369. The maximum atomic E-state index is 5.17. The highest BCUT2D eigenvalue weighted by Crippen LogP contribution is 2.19. The van der Waals surface area contributed by atoms with Crippen molar-refractivity contribution in [1.29, 1.82) is 0 Å². The van der Waals surface area contributed by atoms with Crippen LogP contribution >= 0.6 is 0 Å². The molecule has 0 spiro atoms. The van der Waals surface area contributed by atoms with Crippen LogP contribution in [0.15, 0.2) is 36.4 Å². The van der Waals surface area contributed by atoms with Crippen molar-refractivity contribution in [2.24, 2.45) is 0 Å². The normalized spacial score (nSPS) is 21.2. The molecule has 0 fully saturated rings. The van der Waals surface area contributed by atoms with Gasteiger partial charge in [-0.2, -0.15) is 0 Å². The van der Waals surface area contributed by atoms with Crippen LogP contribution in [0.3, 0.4) is 0 Å². The van der Waals surface area contributed by atoms with Crippen molar-refractivity contribution in [2.75, 3.05) is 7.11 Å². The monoisotopic (exact) mass is 231 g/mol. The average Bonchev–Trinajstić information content (AvgIpc) is 2.40. The molecule has 0 aromatic heterocycles. The molecular formula is C15H21NO. The summed E-state index contributed by atoms with van der Waals surface area (Å²) in [4.78, 5) is 0. The first-order valence-electron chi connectivity index (χ1n) is 6.36. The molecule has 1 unspecified atom stereocenters. The zero-order chi connectivity index (χ0) is 12.1. The van der Waals surface area contributed by atoms with E-state index < -0.39 is 0 Å². The Morgan fingerprint density at radius 2 is 2.06 bits per heavy atom. The quantitative estimate of drug-likeness (QED) is 0.801. The van der Waals surface area contributed by atoms with Crippen molar-refractivity contribution in [3.63, 3.8) is 0 Å². The number of rotatable bonds is 4. The van der Waals surface area contributed by atoms with Gasteiger partial charge >= 0.3 is 0 Å². The lowest BCUT2D eigenvalue weighted by molar-refractivity contribution is 0.414. The van der Waals surface area contributed by atoms with Gasteiger partial charge in [-0.3, -0.25) is 0 Å². The molecule has 2 heteroatoms.